The largest absolute Gasteiger partial charge is 1.00 e. The van der Waals surface area contributed by atoms with E-state index in [1.54, 1.807) is 12.1 Å². The number of rotatable bonds is 8. The number of carbonyl (C=O) groups is 1. The summed E-state index contributed by atoms with van der Waals surface area (Å²) in [5.74, 6) is 0.276. The van der Waals surface area contributed by atoms with Gasteiger partial charge in [0.05, 0.1) is 12.6 Å². The van der Waals surface area contributed by atoms with Crippen molar-refractivity contribution < 1.29 is 70.5 Å². The summed E-state index contributed by atoms with van der Waals surface area (Å²) in [6, 6.07) is 15.9. The maximum absolute atomic E-state index is 10.8. The van der Waals surface area contributed by atoms with Gasteiger partial charge in [0.25, 0.3) is 0 Å². The van der Waals surface area contributed by atoms with Crippen LogP contribution in [0.5, 0.6) is 5.75 Å². The molecule has 0 atom stereocenters. The van der Waals surface area contributed by atoms with Crippen molar-refractivity contribution in [3.63, 3.8) is 0 Å². The number of hydrogen-bond acceptors (Lipinski definition) is 5. The Balaban J connectivity index is 0.00000261. The molecule has 3 aromatic rings. The predicted molar refractivity (Wildman–Crippen MR) is 96.7 cm³/mol. The van der Waals surface area contributed by atoms with E-state index in [1.807, 2.05) is 30.3 Å². The first-order valence-corrected chi connectivity index (χ1v) is 8.69. The predicted octanol–water partition coefficient (Wildman–Crippen LogP) is 0.945. The molecule has 6 heteroatoms. The summed E-state index contributed by atoms with van der Waals surface area (Å²) >= 11 is 0. The van der Waals surface area contributed by atoms with Gasteiger partial charge >= 0.3 is 51.4 Å². The van der Waals surface area contributed by atoms with E-state index >= 15 is 0 Å². The Morgan fingerprint density at radius 2 is 1.70 bits per heavy atom. The van der Waals surface area contributed by atoms with Gasteiger partial charge in [0.15, 0.2) is 5.76 Å². The fraction of sp³-hybridized carbons (Fsp3) is 0.238. The van der Waals surface area contributed by atoms with Crippen LogP contribution in [0.25, 0.3) is 22.6 Å². The SMILES string of the molecule is CCCCCOc1ccc(-c2cc(-c3ccc(C(=O)[O-])cc3)no2)cc1.[K+]. The van der Waals surface area contributed by atoms with Gasteiger partial charge in [-0.3, -0.25) is 0 Å². The van der Waals surface area contributed by atoms with E-state index < -0.39 is 5.97 Å². The number of carboxylic acid groups (broad SMARTS) is 1. The minimum absolute atomic E-state index is 0. The van der Waals surface area contributed by atoms with Gasteiger partial charge in [-0.1, -0.05) is 49.2 Å². The Morgan fingerprint density at radius 3 is 2.33 bits per heavy atom. The molecule has 134 valence electrons. The molecule has 0 radical (unpaired) electrons. The van der Waals surface area contributed by atoms with E-state index in [4.69, 9.17) is 9.26 Å². The number of carbonyl (C=O) groups excluding carboxylic acids is 1. The normalized spacial score (nSPS) is 10.3. The van der Waals surface area contributed by atoms with E-state index in [-0.39, 0.29) is 56.9 Å². The zero-order valence-electron chi connectivity index (χ0n) is 15.6. The van der Waals surface area contributed by atoms with Gasteiger partial charge in [0.2, 0.25) is 0 Å². The van der Waals surface area contributed by atoms with Crippen molar-refractivity contribution >= 4 is 5.97 Å². The molecule has 0 bridgehead atoms. The monoisotopic (exact) mass is 389 g/mol. The zero-order valence-corrected chi connectivity index (χ0v) is 18.7. The second kappa shape index (κ2) is 10.8. The van der Waals surface area contributed by atoms with Gasteiger partial charge in [-0.25, -0.2) is 0 Å². The van der Waals surface area contributed by atoms with E-state index in [0.29, 0.717) is 11.5 Å². The van der Waals surface area contributed by atoms with Crippen LogP contribution < -0.4 is 61.2 Å². The van der Waals surface area contributed by atoms with Gasteiger partial charge in [-0.2, -0.15) is 0 Å². The first-order valence-electron chi connectivity index (χ1n) is 8.69. The molecule has 0 spiro atoms. The smallest absolute Gasteiger partial charge is 0.545 e. The average Bonchev–Trinajstić information content (AvgIpc) is 3.16. The van der Waals surface area contributed by atoms with Crippen LogP contribution in [0.2, 0.25) is 0 Å². The van der Waals surface area contributed by atoms with Crippen LogP contribution in [0.4, 0.5) is 0 Å². The molecular formula is C21H20KNO4. The molecule has 0 N–H and O–H groups in total. The molecule has 0 saturated carbocycles. The summed E-state index contributed by atoms with van der Waals surface area (Å²) in [5, 5.41) is 14.9. The van der Waals surface area contributed by atoms with Gasteiger partial charge in [-0.05, 0) is 36.2 Å². The third-order valence-corrected chi connectivity index (χ3v) is 4.08. The van der Waals surface area contributed by atoms with Crippen molar-refractivity contribution in [1.82, 2.24) is 5.16 Å². The van der Waals surface area contributed by atoms with E-state index in [9.17, 15) is 9.90 Å². The van der Waals surface area contributed by atoms with Gasteiger partial charge in [0.1, 0.15) is 11.4 Å². The summed E-state index contributed by atoms with van der Waals surface area (Å²) in [5.41, 5.74) is 2.45. The summed E-state index contributed by atoms with van der Waals surface area (Å²) in [6.07, 6.45) is 3.40. The van der Waals surface area contributed by atoms with Crippen LogP contribution in [0.3, 0.4) is 0 Å². The number of unbranched alkanes of at least 4 members (excludes halogenated alkanes) is 2. The molecule has 1 aromatic heterocycles. The van der Waals surface area contributed by atoms with Crippen molar-refractivity contribution in [2.45, 2.75) is 26.2 Å². The second-order valence-corrected chi connectivity index (χ2v) is 6.02. The molecule has 0 aliphatic heterocycles. The van der Waals surface area contributed by atoms with Gasteiger partial charge in [-0.15, -0.1) is 0 Å². The topological polar surface area (TPSA) is 75.4 Å². The van der Waals surface area contributed by atoms with Gasteiger partial charge < -0.3 is 19.2 Å². The molecule has 0 aliphatic rings. The third-order valence-electron chi connectivity index (χ3n) is 4.08. The van der Waals surface area contributed by atoms with Crippen molar-refractivity contribution in [2.24, 2.45) is 0 Å². The standard InChI is InChI=1S/C21H21NO4.K/c1-2-3-4-13-25-18-11-9-16(10-12-18)20-14-19(22-26-20)15-5-7-17(8-6-15)21(23)24;/h5-12,14H,2-4,13H2,1H3,(H,23,24);/q;+1/p-1. The van der Waals surface area contributed by atoms with Crippen molar-refractivity contribution in [2.75, 3.05) is 6.61 Å². The zero-order chi connectivity index (χ0) is 18.4. The number of carboxylic acids is 1. The molecular weight excluding hydrogens is 369 g/mol. The molecule has 1 heterocycles. The molecule has 5 nitrogen and oxygen atoms in total. The second-order valence-electron chi connectivity index (χ2n) is 6.02. The van der Waals surface area contributed by atoms with Crippen LogP contribution in [0, 0.1) is 0 Å². The molecule has 3 rings (SSSR count). The maximum Gasteiger partial charge on any atom is 1.00 e. The molecule has 0 amide bonds. The number of aromatic carboxylic acids is 1. The number of benzene rings is 2. The molecule has 0 aliphatic carbocycles. The third kappa shape index (κ3) is 6.02. The van der Waals surface area contributed by atoms with Crippen molar-refractivity contribution in [3.8, 4) is 28.3 Å². The number of nitrogens with zero attached hydrogens (tertiary/aromatic N) is 1. The number of aromatic nitrogens is 1. The van der Waals surface area contributed by atoms with E-state index in [0.717, 1.165) is 29.9 Å². The fourth-order valence-corrected chi connectivity index (χ4v) is 2.58. The Hall–Kier alpha value is -1.44. The Labute approximate surface area is 201 Å². The van der Waals surface area contributed by atoms with Crippen LogP contribution in [0.15, 0.2) is 59.1 Å². The maximum atomic E-state index is 10.8. The molecule has 27 heavy (non-hydrogen) atoms. The van der Waals surface area contributed by atoms with Crippen LogP contribution >= 0.6 is 0 Å². The molecule has 0 saturated heterocycles. The Bertz CT molecular complexity index is 857. The minimum Gasteiger partial charge on any atom is -0.545 e. The fourth-order valence-electron chi connectivity index (χ4n) is 2.58. The first kappa shape index (κ1) is 21.9. The number of hydrogen-bond donors (Lipinski definition) is 0. The quantitative estimate of drug-likeness (QED) is 0.423. The van der Waals surface area contributed by atoms with Crippen LogP contribution in [-0.2, 0) is 0 Å². The Morgan fingerprint density at radius 1 is 1.04 bits per heavy atom. The van der Waals surface area contributed by atoms with Gasteiger partial charge in [0, 0.05) is 17.2 Å². The van der Waals surface area contributed by atoms with Crippen molar-refractivity contribution in [1.29, 1.82) is 0 Å². The summed E-state index contributed by atoms with van der Waals surface area (Å²) in [7, 11) is 0. The Kier molecular flexibility index (Phi) is 8.72. The van der Waals surface area contributed by atoms with E-state index in [2.05, 4.69) is 12.1 Å². The van der Waals surface area contributed by atoms with Crippen molar-refractivity contribution in [3.05, 3.63) is 60.2 Å². The molecule has 0 fully saturated rings. The average molecular weight is 389 g/mol. The molecule has 2 aromatic carbocycles. The first-order chi connectivity index (χ1) is 12.7. The molecule has 0 unspecified atom stereocenters. The van der Waals surface area contributed by atoms with E-state index in [1.165, 1.54) is 25.0 Å². The minimum atomic E-state index is -1.20. The summed E-state index contributed by atoms with van der Waals surface area (Å²) in [4.78, 5) is 10.8. The summed E-state index contributed by atoms with van der Waals surface area (Å²) < 4.78 is 11.1. The number of ether oxygens (including phenoxy) is 1. The van der Waals surface area contributed by atoms with Crippen LogP contribution in [0.1, 0.15) is 36.5 Å². The summed E-state index contributed by atoms with van der Waals surface area (Å²) in [6.45, 7) is 2.89. The van der Waals surface area contributed by atoms with Crippen LogP contribution in [-0.4, -0.2) is 17.7 Å².